The highest BCUT2D eigenvalue weighted by Gasteiger charge is 2.33. The SMILES string of the molecule is COc1c(OC(F)(F)F)cnc(I)c1CC#N. The first-order valence-corrected chi connectivity index (χ1v) is 5.31. The van der Waals surface area contributed by atoms with Crippen LogP contribution in [0.2, 0.25) is 0 Å². The van der Waals surface area contributed by atoms with E-state index in [1.54, 1.807) is 0 Å². The number of ether oxygens (including phenoxy) is 2. The normalized spacial score (nSPS) is 10.8. The topological polar surface area (TPSA) is 55.1 Å². The Morgan fingerprint density at radius 2 is 2.18 bits per heavy atom. The Hall–Kier alpha value is -1.24. The lowest BCUT2D eigenvalue weighted by atomic mass is 10.2. The number of pyridine rings is 1. The van der Waals surface area contributed by atoms with E-state index in [1.165, 1.54) is 7.11 Å². The summed E-state index contributed by atoms with van der Waals surface area (Å²) in [5, 5.41) is 8.59. The predicted octanol–water partition coefficient (Wildman–Crippen LogP) is 2.66. The van der Waals surface area contributed by atoms with Crippen LogP contribution >= 0.6 is 22.6 Å². The van der Waals surface area contributed by atoms with Crippen molar-refractivity contribution in [2.24, 2.45) is 0 Å². The summed E-state index contributed by atoms with van der Waals surface area (Å²) >= 11 is 1.81. The number of alkyl halides is 3. The third kappa shape index (κ3) is 3.62. The number of rotatable bonds is 3. The van der Waals surface area contributed by atoms with Gasteiger partial charge in [-0.15, -0.1) is 13.2 Å². The van der Waals surface area contributed by atoms with Crippen molar-refractivity contribution in [2.45, 2.75) is 12.8 Å². The minimum atomic E-state index is -4.83. The molecule has 0 radical (unpaired) electrons. The second kappa shape index (κ2) is 5.39. The molecule has 0 unspecified atom stereocenters. The maximum atomic E-state index is 12.1. The van der Waals surface area contributed by atoms with E-state index < -0.39 is 12.1 Å². The summed E-state index contributed by atoms with van der Waals surface area (Å²) in [6, 6.07) is 1.83. The van der Waals surface area contributed by atoms with Gasteiger partial charge < -0.3 is 9.47 Å². The molecule has 0 N–H and O–H groups in total. The van der Waals surface area contributed by atoms with Gasteiger partial charge in [-0.2, -0.15) is 5.26 Å². The number of methoxy groups -OCH3 is 1. The maximum Gasteiger partial charge on any atom is 0.573 e. The Labute approximate surface area is 108 Å². The number of halogens is 4. The molecule has 4 nitrogen and oxygen atoms in total. The molecule has 0 aliphatic heterocycles. The highest BCUT2D eigenvalue weighted by Crippen LogP contribution is 2.36. The van der Waals surface area contributed by atoms with Gasteiger partial charge in [-0.05, 0) is 22.6 Å². The van der Waals surface area contributed by atoms with E-state index in [9.17, 15) is 13.2 Å². The van der Waals surface area contributed by atoms with Crippen LogP contribution in [0.4, 0.5) is 13.2 Å². The molecule has 0 aliphatic rings. The molecule has 0 fully saturated rings. The molecule has 1 aromatic heterocycles. The number of hydrogen-bond donors (Lipinski definition) is 0. The maximum absolute atomic E-state index is 12.1. The van der Waals surface area contributed by atoms with Crippen molar-refractivity contribution >= 4 is 22.6 Å². The molecule has 8 heteroatoms. The summed E-state index contributed by atoms with van der Waals surface area (Å²) in [4.78, 5) is 3.72. The van der Waals surface area contributed by atoms with Crippen molar-refractivity contribution in [1.82, 2.24) is 4.98 Å². The first kappa shape index (κ1) is 13.8. The Balaban J connectivity index is 3.24. The van der Waals surface area contributed by atoms with Gasteiger partial charge in [0.25, 0.3) is 0 Å². The van der Waals surface area contributed by atoms with Crippen LogP contribution in [0.1, 0.15) is 5.56 Å². The van der Waals surface area contributed by atoms with E-state index in [0.29, 0.717) is 3.70 Å². The van der Waals surface area contributed by atoms with Crippen molar-refractivity contribution in [3.8, 4) is 17.6 Å². The average Bonchev–Trinajstić information content (AvgIpc) is 2.21. The zero-order valence-electron chi connectivity index (χ0n) is 8.51. The molecule has 0 aromatic carbocycles. The molecule has 0 spiro atoms. The molecule has 1 heterocycles. The van der Waals surface area contributed by atoms with E-state index in [-0.39, 0.29) is 17.7 Å². The van der Waals surface area contributed by atoms with Gasteiger partial charge in [-0.3, -0.25) is 0 Å². The van der Waals surface area contributed by atoms with Gasteiger partial charge in [0.05, 0.1) is 25.8 Å². The third-order valence-corrected chi connectivity index (χ3v) is 2.66. The summed E-state index contributed by atoms with van der Waals surface area (Å²) in [5.74, 6) is -0.672. The molecule has 0 atom stereocenters. The summed E-state index contributed by atoms with van der Waals surface area (Å²) in [5.41, 5.74) is 0.275. The number of nitrogens with zero attached hydrogens (tertiary/aromatic N) is 2. The minimum absolute atomic E-state index is 0.108. The van der Waals surface area contributed by atoms with Crippen LogP contribution in [-0.4, -0.2) is 18.5 Å². The molecule has 0 aliphatic carbocycles. The van der Waals surface area contributed by atoms with Gasteiger partial charge in [0.1, 0.15) is 3.70 Å². The average molecular weight is 358 g/mol. The zero-order chi connectivity index (χ0) is 13.1. The standard InChI is InChI=1S/C9H6F3IN2O2/c1-16-7-5(2-3-14)8(13)15-4-6(7)17-9(10,11)12/h4H,2H2,1H3. The van der Waals surface area contributed by atoms with Crippen LogP contribution in [0, 0.1) is 15.0 Å². The lowest BCUT2D eigenvalue weighted by Crippen LogP contribution is -2.18. The molecular formula is C9H6F3IN2O2. The van der Waals surface area contributed by atoms with Crippen molar-refractivity contribution < 1.29 is 22.6 Å². The zero-order valence-corrected chi connectivity index (χ0v) is 10.7. The fourth-order valence-corrected chi connectivity index (χ4v) is 1.72. The first-order valence-electron chi connectivity index (χ1n) is 4.23. The second-order valence-electron chi connectivity index (χ2n) is 2.81. The van der Waals surface area contributed by atoms with Gasteiger partial charge in [-0.25, -0.2) is 4.98 Å². The molecule has 0 saturated carbocycles. The summed E-state index contributed by atoms with van der Waals surface area (Å²) in [7, 11) is 1.20. The van der Waals surface area contributed by atoms with Gasteiger partial charge in [0, 0.05) is 5.56 Å². The molecule has 0 amide bonds. The quantitative estimate of drug-likeness (QED) is 0.616. The highest BCUT2D eigenvalue weighted by atomic mass is 127. The Bertz CT molecular complexity index is 457. The Morgan fingerprint density at radius 1 is 1.53 bits per heavy atom. The fourth-order valence-electron chi connectivity index (χ4n) is 1.15. The highest BCUT2D eigenvalue weighted by molar-refractivity contribution is 14.1. The Morgan fingerprint density at radius 3 is 2.65 bits per heavy atom. The van der Waals surface area contributed by atoms with Crippen LogP contribution in [-0.2, 0) is 6.42 Å². The predicted molar refractivity (Wildman–Crippen MR) is 59.5 cm³/mol. The molecule has 92 valence electrons. The molecule has 1 aromatic rings. The number of aromatic nitrogens is 1. The van der Waals surface area contributed by atoms with Gasteiger partial charge in [0.15, 0.2) is 11.5 Å². The molecule has 17 heavy (non-hydrogen) atoms. The van der Waals surface area contributed by atoms with Gasteiger partial charge >= 0.3 is 6.36 Å². The van der Waals surface area contributed by atoms with E-state index in [0.717, 1.165) is 6.20 Å². The van der Waals surface area contributed by atoms with Crippen LogP contribution in [0.5, 0.6) is 11.5 Å². The molecular weight excluding hydrogens is 352 g/mol. The smallest absolute Gasteiger partial charge is 0.492 e. The van der Waals surface area contributed by atoms with Crippen LogP contribution in [0.25, 0.3) is 0 Å². The lowest BCUT2D eigenvalue weighted by molar-refractivity contribution is -0.275. The van der Waals surface area contributed by atoms with Crippen molar-refractivity contribution in [3.05, 3.63) is 15.5 Å². The fraction of sp³-hybridized carbons (Fsp3) is 0.333. The molecule has 1 rings (SSSR count). The van der Waals surface area contributed by atoms with E-state index in [1.807, 2.05) is 28.7 Å². The van der Waals surface area contributed by atoms with Gasteiger partial charge in [0.2, 0.25) is 0 Å². The molecule has 0 saturated heterocycles. The first-order chi connectivity index (χ1) is 7.89. The minimum Gasteiger partial charge on any atom is -0.492 e. The van der Waals surface area contributed by atoms with E-state index in [2.05, 4.69) is 9.72 Å². The Kier molecular flexibility index (Phi) is 4.39. The van der Waals surface area contributed by atoms with Crippen molar-refractivity contribution in [1.29, 1.82) is 5.26 Å². The number of hydrogen-bond acceptors (Lipinski definition) is 4. The summed E-state index contributed by atoms with van der Waals surface area (Å²) in [6.45, 7) is 0. The van der Waals surface area contributed by atoms with E-state index >= 15 is 0 Å². The van der Waals surface area contributed by atoms with Crippen LogP contribution in [0.3, 0.4) is 0 Å². The van der Waals surface area contributed by atoms with Crippen molar-refractivity contribution in [3.63, 3.8) is 0 Å². The van der Waals surface area contributed by atoms with Gasteiger partial charge in [-0.1, -0.05) is 0 Å². The van der Waals surface area contributed by atoms with Crippen molar-refractivity contribution in [2.75, 3.05) is 7.11 Å². The third-order valence-electron chi connectivity index (χ3n) is 1.73. The second-order valence-corrected chi connectivity index (χ2v) is 3.83. The lowest BCUT2D eigenvalue weighted by Gasteiger charge is -2.14. The van der Waals surface area contributed by atoms with Crippen LogP contribution < -0.4 is 9.47 Å². The van der Waals surface area contributed by atoms with E-state index in [4.69, 9.17) is 10.00 Å². The monoisotopic (exact) mass is 358 g/mol. The largest absolute Gasteiger partial charge is 0.573 e. The summed E-state index contributed by atoms with van der Waals surface area (Å²) in [6.07, 6.45) is -4.02. The summed E-state index contributed by atoms with van der Waals surface area (Å²) < 4.78 is 45.3. The number of nitriles is 1. The molecule has 0 bridgehead atoms. The van der Waals surface area contributed by atoms with Crippen LogP contribution in [0.15, 0.2) is 6.20 Å².